The zero-order valence-electron chi connectivity index (χ0n) is 12.9. The standard InChI is InChI=1S/C16H19N3O3/c1-12(16(21)22-3)19(11-13-7-5-4-6-8-13)15(20)14-9-10-17-18(14)2/h4-10,12H,11H2,1-3H3/t12-/m0/s1. The first kappa shape index (κ1) is 15.8. The van der Waals surface area contributed by atoms with Gasteiger partial charge in [0.15, 0.2) is 0 Å². The molecule has 1 atom stereocenters. The summed E-state index contributed by atoms with van der Waals surface area (Å²) in [6.45, 7) is 1.98. The van der Waals surface area contributed by atoms with Gasteiger partial charge >= 0.3 is 5.97 Å². The van der Waals surface area contributed by atoms with E-state index in [-0.39, 0.29) is 5.91 Å². The van der Waals surface area contributed by atoms with E-state index in [1.54, 1.807) is 26.2 Å². The number of aryl methyl sites for hydroxylation is 1. The van der Waals surface area contributed by atoms with Gasteiger partial charge in [0.05, 0.1) is 7.11 Å². The molecule has 1 aromatic carbocycles. The number of nitrogens with zero attached hydrogens (tertiary/aromatic N) is 3. The summed E-state index contributed by atoms with van der Waals surface area (Å²) in [5.41, 5.74) is 1.36. The van der Waals surface area contributed by atoms with E-state index in [0.29, 0.717) is 12.2 Å². The molecule has 2 rings (SSSR count). The Balaban J connectivity index is 2.31. The van der Waals surface area contributed by atoms with Crippen LogP contribution < -0.4 is 0 Å². The second-order valence-electron chi connectivity index (χ2n) is 4.96. The van der Waals surface area contributed by atoms with E-state index >= 15 is 0 Å². The van der Waals surface area contributed by atoms with Gasteiger partial charge in [0, 0.05) is 19.8 Å². The smallest absolute Gasteiger partial charge is 0.328 e. The van der Waals surface area contributed by atoms with Crippen molar-refractivity contribution >= 4 is 11.9 Å². The summed E-state index contributed by atoms with van der Waals surface area (Å²) in [6.07, 6.45) is 1.55. The van der Waals surface area contributed by atoms with Crippen LogP contribution in [0, 0.1) is 0 Å². The first-order valence-electron chi connectivity index (χ1n) is 6.95. The fourth-order valence-corrected chi connectivity index (χ4v) is 2.19. The molecular formula is C16H19N3O3. The molecule has 1 heterocycles. The lowest BCUT2D eigenvalue weighted by Gasteiger charge is -2.27. The fraction of sp³-hybridized carbons (Fsp3) is 0.312. The molecule has 0 saturated carbocycles. The third-order valence-corrected chi connectivity index (χ3v) is 3.51. The zero-order valence-corrected chi connectivity index (χ0v) is 12.9. The zero-order chi connectivity index (χ0) is 16.1. The number of ether oxygens (including phenoxy) is 1. The number of aromatic nitrogens is 2. The fourth-order valence-electron chi connectivity index (χ4n) is 2.19. The highest BCUT2D eigenvalue weighted by Gasteiger charge is 2.28. The van der Waals surface area contributed by atoms with Crippen molar-refractivity contribution in [1.82, 2.24) is 14.7 Å². The predicted molar refractivity (Wildman–Crippen MR) is 81.0 cm³/mol. The SMILES string of the molecule is COC(=O)[C@H](C)N(Cc1ccccc1)C(=O)c1ccnn1C. The number of rotatable bonds is 5. The highest BCUT2D eigenvalue weighted by molar-refractivity contribution is 5.95. The molecule has 0 aliphatic heterocycles. The normalized spacial score (nSPS) is 11.8. The molecule has 116 valence electrons. The van der Waals surface area contributed by atoms with Crippen molar-refractivity contribution in [2.75, 3.05) is 7.11 Å². The van der Waals surface area contributed by atoms with Crippen molar-refractivity contribution in [3.63, 3.8) is 0 Å². The summed E-state index contributed by atoms with van der Waals surface area (Å²) in [4.78, 5) is 26.1. The molecule has 0 bridgehead atoms. The minimum atomic E-state index is -0.687. The Morgan fingerprint density at radius 2 is 1.95 bits per heavy atom. The van der Waals surface area contributed by atoms with Crippen LogP contribution in [0.4, 0.5) is 0 Å². The van der Waals surface area contributed by atoms with Crippen LogP contribution in [-0.2, 0) is 23.1 Å². The van der Waals surface area contributed by atoms with Gasteiger partial charge in [-0.1, -0.05) is 30.3 Å². The van der Waals surface area contributed by atoms with Crippen molar-refractivity contribution in [3.05, 3.63) is 53.9 Å². The van der Waals surface area contributed by atoms with Crippen molar-refractivity contribution in [3.8, 4) is 0 Å². The summed E-state index contributed by atoms with van der Waals surface area (Å²) in [5.74, 6) is -0.715. The summed E-state index contributed by atoms with van der Waals surface area (Å²) in [5, 5.41) is 4.00. The maximum absolute atomic E-state index is 12.8. The summed E-state index contributed by atoms with van der Waals surface area (Å²) in [7, 11) is 3.00. The van der Waals surface area contributed by atoms with E-state index in [1.165, 1.54) is 16.7 Å². The van der Waals surface area contributed by atoms with Crippen LogP contribution in [0.3, 0.4) is 0 Å². The van der Waals surface area contributed by atoms with Crippen molar-refractivity contribution in [2.45, 2.75) is 19.5 Å². The second-order valence-corrected chi connectivity index (χ2v) is 4.96. The number of methoxy groups -OCH3 is 1. The van der Waals surface area contributed by atoms with Crippen LogP contribution in [-0.4, -0.2) is 39.7 Å². The Morgan fingerprint density at radius 1 is 1.27 bits per heavy atom. The van der Waals surface area contributed by atoms with Crippen LogP contribution in [0.2, 0.25) is 0 Å². The van der Waals surface area contributed by atoms with Gasteiger partial charge in [0.1, 0.15) is 11.7 Å². The van der Waals surface area contributed by atoms with Crippen molar-refractivity contribution in [1.29, 1.82) is 0 Å². The third kappa shape index (κ3) is 3.33. The number of hydrogen-bond acceptors (Lipinski definition) is 4. The monoisotopic (exact) mass is 301 g/mol. The number of carbonyl (C=O) groups excluding carboxylic acids is 2. The molecule has 0 fully saturated rings. The second kappa shape index (κ2) is 6.89. The lowest BCUT2D eigenvalue weighted by molar-refractivity contribution is -0.145. The molecule has 0 unspecified atom stereocenters. The minimum absolute atomic E-state index is 0.262. The summed E-state index contributed by atoms with van der Waals surface area (Å²) >= 11 is 0. The Hall–Kier alpha value is -2.63. The van der Waals surface area contributed by atoms with Crippen LogP contribution in [0.1, 0.15) is 23.0 Å². The lowest BCUT2D eigenvalue weighted by Crippen LogP contribution is -2.43. The molecule has 22 heavy (non-hydrogen) atoms. The molecular weight excluding hydrogens is 282 g/mol. The van der Waals surface area contributed by atoms with Crippen LogP contribution in [0.25, 0.3) is 0 Å². The third-order valence-electron chi connectivity index (χ3n) is 3.51. The van der Waals surface area contributed by atoms with Gasteiger partial charge in [0.2, 0.25) is 0 Å². The van der Waals surface area contributed by atoms with E-state index in [9.17, 15) is 9.59 Å². The maximum Gasteiger partial charge on any atom is 0.328 e. The molecule has 2 aromatic rings. The van der Waals surface area contributed by atoms with Gasteiger partial charge in [-0.25, -0.2) is 4.79 Å². The average molecular weight is 301 g/mol. The highest BCUT2D eigenvalue weighted by atomic mass is 16.5. The van der Waals surface area contributed by atoms with Crippen molar-refractivity contribution < 1.29 is 14.3 Å². The molecule has 0 aliphatic rings. The molecule has 6 nitrogen and oxygen atoms in total. The van der Waals surface area contributed by atoms with Gasteiger partial charge in [-0.2, -0.15) is 5.10 Å². The van der Waals surface area contributed by atoms with E-state index in [0.717, 1.165) is 5.56 Å². The van der Waals surface area contributed by atoms with E-state index in [4.69, 9.17) is 4.74 Å². The van der Waals surface area contributed by atoms with Crippen LogP contribution in [0.15, 0.2) is 42.6 Å². The number of esters is 1. The highest BCUT2D eigenvalue weighted by Crippen LogP contribution is 2.14. The van der Waals surface area contributed by atoms with Gasteiger partial charge in [-0.15, -0.1) is 0 Å². The summed E-state index contributed by atoms with van der Waals surface area (Å²) < 4.78 is 6.26. The lowest BCUT2D eigenvalue weighted by atomic mass is 10.1. The van der Waals surface area contributed by atoms with Crippen molar-refractivity contribution in [2.24, 2.45) is 7.05 Å². The molecule has 1 amide bonds. The molecule has 0 spiro atoms. The minimum Gasteiger partial charge on any atom is -0.467 e. The Kier molecular flexibility index (Phi) is 4.93. The van der Waals surface area contributed by atoms with E-state index in [1.807, 2.05) is 30.3 Å². The number of benzene rings is 1. The summed E-state index contributed by atoms with van der Waals surface area (Å²) in [6, 6.07) is 10.5. The largest absolute Gasteiger partial charge is 0.467 e. The first-order valence-corrected chi connectivity index (χ1v) is 6.95. The Labute approximate surface area is 129 Å². The van der Waals surface area contributed by atoms with Gasteiger partial charge in [-0.05, 0) is 18.6 Å². The molecule has 0 aliphatic carbocycles. The molecule has 1 aromatic heterocycles. The molecule has 0 saturated heterocycles. The Bertz CT molecular complexity index is 652. The van der Waals surface area contributed by atoms with Gasteiger partial charge in [-0.3, -0.25) is 9.48 Å². The Morgan fingerprint density at radius 3 is 2.50 bits per heavy atom. The maximum atomic E-state index is 12.8. The van der Waals surface area contributed by atoms with Gasteiger partial charge in [0.25, 0.3) is 5.91 Å². The van der Waals surface area contributed by atoms with Crippen LogP contribution in [0.5, 0.6) is 0 Å². The van der Waals surface area contributed by atoms with Gasteiger partial charge < -0.3 is 9.64 Å². The number of hydrogen-bond donors (Lipinski definition) is 0. The molecule has 0 N–H and O–H groups in total. The topological polar surface area (TPSA) is 64.4 Å². The number of amides is 1. The quantitative estimate of drug-likeness (QED) is 0.787. The van der Waals surface area contributed by atoms with E-state index in [2.05, 4.69) is 5.10 Å². The van der Waals surface area contributed by atoms with Crippen LogP contribution >= 0.6 is 0 Å². The first-order chi connectivity index (χ1) is 10.5. The average Bonchev–Trinajstić information content (AvgIpc) is 2.97. The predicted octanol–water partition coefficient (Wildman–Crippen LogP) is 1.62. The molecule has 6 heteroatoms. The number of carbonyl (C=O) groups is 2. The van der Waals surface area contributed by atoms with E-state index < -0.39 is 12.0 Å². The molecule has 0 radical (unpaired) electrons.